The molecule has 1 rings (SSSR count). The fraction of sp³-hybridized carbons (Fsp3) is 0.786. The van der Waals surface area contributed by atoms with Crippen molar-refractivity contribution >= 4 is 11.5 Å². The predicted octanol–water partition coefficient (Wildman–Crippen LogP) is 2.86. The molecule has 3 N–H and O–H groups in total. The second kappa shape index (κ2) is 6.43. The fourth-order valence-corrected chi connectivity index (χ4v) is 2.62. The predicted molar refractivity (Wildman–Crippen MR) is 84.5 cm³/mol. The Balaban J connectivity index is 3.30. The van der Waals surface area contributed by atoms with Gasteiger partial charge in [-0.05, 0) is 40.0 Å². The van der Waals surface area contributed by atoms with Gasteiger partial charge in [0.2, 0.25) is 5.82 Å². The third-order valence-corrected chi connectivity index (χ3v) is 3.46. The second-order valence-corrected chi connectivity index (χ2v) is 6.57. The molecule has 0 radical (unpaired) electrons. The molecule has 0 spiro atoms. The van der Waals surface area contributed by atoms with Crippen LogP contribution in [0.15, 0.2) is 0 Å². The lowest BCUT2D eigenvalue weighted by atomic mass is 9.90. The molecule has 7 heteroatoms. The summed E-state index contributed by atoms with van der Waals surface area (Å²) in [5.74, 6) is 0.878. The molecule has 0 aliphatic carbocycles. The molecule has 0 saturated heterocycles. The first-order valence-corrected chi connectivity index (χ1v) is 7.33. The first-order valence-electron chi connectivity index (χ1n) is 7.33. The van der Waals surface area contributed by atoms with Crippen LogP contribution in [0, 0.1) is 23.0 Å². The average molecular weight is 297 g/mol. The topological polar surface area (TPSA) is 99.0 Å². The molecule has 0 aliphatic heterocycles. The average Bonchev–Trinajstić information content (AvgIpc) is 2.65. The van der Waals surface area contributed by atoms with Gasteiger partial charge >= 0.3 is 5.69 Å². The van der Waals surface area contributed by atoms with Crippen LogP contribution in [0.2, 0.25) is 0 Å². The van der Waals surface area contributed by atoms with Crippen LogP contribution in [-0.2, 0) is 0 Å². The summed E-state index contributed by atoms with van der Waals surface area (Å²) in [6.45, 7) is 12.1. The number of nitrogens with zero attached hydrogens (tertiary/aromatic N) is 3. The van der Waals surface area contributed by atoms with Crippen LogP contribution in [0.4, 0.5) is 11.5 Å². The molecule has 0 aromatic carbocycles. The Morgan fingerprint density at radius 3 is 2.38 bits per heavy atom. The number of nitrogens with two attached hydrogens (primary N) is 1. The molecular formula is C14H27N5O2. The summed E-state index contributed by atoms with van der Waals surface area (Å²) in [5.41, 5.74) is 5.95. The van der Waals surface area contributed by atoms with Crippen LogP contribution in [0.25, 0.3) is 0 Å². The number of nitrogens with one attached hydrogen (secondary N) is 1. The summed E-state index contributed by atoms with van der Waals surface area (Å²) >= 11 is 0. The van der Waals surface area contributed by atoms with Crippen LogP contribution < -0.4 is 11.1 Å². The van der Waals surface area contributed by atoms with E-state index in [4.69, 9.17) is 5.73 Å². The van der Waals surface area contributed by atoms with Gasteiger partial charge in [0.1, 0.15) is 5.69 Å². The molecule has 1 heterocycles. The Hall–Kier alpha value is -1.63. The monoisotopic (exact) mass is 297 g/mol. The Bertz CT molecular complexity index is 510. The highest BCUT2D eigenvalue weighted by molar-refractivity contribution is 5.61. The fourth-order valence-electron chi connectivity index (χ4n) is 2.62. The van der Waals surface area contributed by atoms with Crippen molar-refractivity contribution in [3.63, 3.8) is 0 Å². The number of rotatable bonds is 7. The molecule has 0 saturated carbocycles. The number of hydrogen-bond acceptors (Lipinski definition) is 5. The van der Waals surface area contributed by atoms with Crippen molar-refractivity contribution in [3.8, 4) is 0 Å². The smallest absolute Gasteiger partial charge is 0.333 e. The van der Waals surface area contributed by atoms with Gasteiger partial charge in [0.15, 0.2) is 0 Å². The van der Waals surface area contributed by atoms with Crippen molar-refractivity contribution < 1.29 is 4.92 Å². The standard InChI is InChI=1S/C14H27N5O2/c1-9(2)7-14(6,8-15)16-13-12(19(20)21)11(5)17-18(13)10(3)4/h9-10,16H,7-8,15H2,1-6H3. The highest BCUT2D eigenvalue weighted by Gasteiger charge is 2.32. The highest BCUT2D eigenvalue weighted by atomic mass is 16.6. The normalized spacial score (nSPS) is 14.5. The summed E-state index contributed by atoms with van der Waals surface area (Å²) in [7, 11) is 0. The SMILES string of the molecule is Cc1nn(C(C)C)c(NC(C)(CN)CC(C)C)c1[N+](=O)[O-]. The van der Waals surface area contributed by atoms with E-state index in [0.29, 0.717) is 24.0 Å². The quantitative estimate of drug-likeness (QED) is 0.595. The van der Waals surface area contributed by atoms with Crippen molar-refractivity contribution in [2.24, 2.45) is 11.7 Å². The van der Waals surface area contributed by atoms with E-state index < -0.39 is 5.54 Å². The number of aryl methyl sites for hydroxylation is 1. The minimum absolute atomic E-state index is 0.0287. The Kier molecular flexibility index (Phi) is 5.33. The molecule has 1 atom stereocenters. The lowest BCUT2D eigenvalue weighted by Gasteiger charge is -2.32. The Labute approximate surface area is 126 Å². The molecular weight excluding hydrogens is 270 g/mol. The van der Waals surface area contributed by atoms with Gasteiger partial charge in [-0.2, -0.15) is 5.10 Å². The minimum atomic E-state index is -0.405. The number of hydrogen-bond donors (Lipinski definition) is 2. The van der Waals surface area contributed by atoms with Crippen LogP contribution in [0.5, 0.6) is 0 Å². The van der Waals surface area contributed by atoms with E-state index in [2.05, 4.69) is 24.3 Å². The molecule has 7 nitrogen and oxygen atoms in total. The molecule has 120 valence electrons. The lowest BCUT2D eigenvalue weighted by molar-refractivity contribution is -0.384. The summed E-state index contributed by atoms with van der Waals surface area (Å²) in [4.78, 5) is 11.0. The molecule has 21 heavy (non-hydrogen) atoms. The summed E-state index contributed by atoms with van der Waals surface area (Å²) in [6, 6.07) is 0.0287. The molecule has 1 unspecified atom stereocenters. The van der Waals surface area contributed by atoms with Gasteiger partial charge in [-0.1, -0.05) is 13.8 Å². The van der Waals surface area contributed by atoms with Crippen LogP contribution in [-0.4, -0.2) is 26.8 Å². The zero-order chi connectivity index (χ0) is 16.4. The second-order valence-electron chi connectivity index (χ2n) is 6.57. The molecule has 0 amide bonds. The van der Waals surface area contributed by atoms with E-state index in [-0.39, 0.29) is 16.7 Å². The zero-order valence-corrected chi connectivity index (χ0v) is 13.8. The van der Waals surface area contributed by atoms with Crippen molar-refractivity contribution in [1.29, 1.82) is 0 Å². The first-order chi connectivity index (χ1) is 9.61. The van der Waals surface area contributed by atoms with Gasteiger partial charge in [-0.3, -0.25) is 10.1 Å². The van der Waals surface area contributed by atoms with Gasteiger partial charge in [0.25, 0.3) is 0 Å². The largest absolute Gasteiger partial charge is 0.358 e. The Morgan fingerprint density at radius 1 is 1.43 bits per heavy atom. The highest BCUT2D eigenvalue weighted by Crippen LogP contribution is 2.33. The molecule has 1 aromatic heterocycles. The number of nitro groups is 1. The van der Waals surface area contributed by atoms with Gasteiger partial charge < -0.3 is 11.1 Å². The van der Waals surface area contributed by atoms with E-state index in [9.17, 15) is 10.1 Å². The van der Waals surface area contributed by atoms with Gasteiger partial charge in [-0.25, -0.2) is 4.68 Å². The van der Waals surface area contributed by atoms with Gasteiger partial charge in [-0.15, -0.1) is 0 Å². The van der Waals surface area contributed by atoms with E-state index >= 15 is 0 Å². The van der Waals surface area contributed by atoms with E-state index in [1.807, 2.05) is 20.8 Å². The van der Waals surface area contributed by atoms with Gasteiger partial charge in [0, 0.05) is 18.1 Å². The zero-order valence-electron chi connectivity index (χ0n) is 13.8. The summed E-state index contributed by atoms with van der Waals surface area (Å²) in [5, 5.41) is 18.9. The van der Waals surface area contributed by atoms with Crippen LogP contribution >= 0.6 is 0 Å². The van der Waals surface area contributed by atoms with Crippen molar-refractivity contribution in [2.75, 3.05) is 11.9 Å². The maximum atomic E-state index is 11.4. The third kappa shape index (κ3) is 3.93. The summed E-state index contributed by atoms with van der Waals surface area (Å²) in [6.07, 6.45) is 0.822. The van der Waals surface area contributed by atoms with E-state index in [1.54, 1.807) is 11.6 Å². The van der Waals surface area contributed by atoms with Gasteiger partial charge in [0.05, 0.1) is 4.92 Å². The van der Waals surface area contributed by atoms with Crippen LogP contribution in [0.3, 0.4) is 0 Å². The molecule has 0 fully saturated rings. The number of aromatic nitrogens is 2. The van der Waals surface area contributed by atoms with E-state index in [0.717, 1.165) is 6.42 Å². The van der Waals surface area contributed by atoms with Crippen molar-refractivity contribution in [2.45, 2.75) is 59.5 Å². The first kappa shape index (κ1) is 17.4. The number of anilines is 1. The third-order valence-electron chi connectivity index (χ3n) is 3.46. The lowest BCUT2D eigenvalue weighted by Crippen LogP contribution is -2.44. The molecule has 0 aliphatic rings. The Morgan fingerprint density at radius 2 is 2.00 bits per heavy atom. The minimum Gasteiger partial charge on any atom is -0.358 e. The summed E-state index contributed by atoms with van der Waals surface area (Å²) < 4.78 is 1.67. The van der Waals surface area contributed by atoms with E-state index in [1.165, 1.54) is 0 Å². The van der Waals surface area contributed by atoms with Crippen LogP contribution in [0.1, 0.15) is 52.8 Å². The maximum Gasteiger partial charge on any atom is 0.333 e. The maximum absolute atomic E-state index is 11.4. The molecule has 0 bridgehead atoms. The van der Waals surface area contributed by atoms with Crippen molar-refractivity contribution in [3.05, 3.63) is 15.8 Å². The molecule has 1 aromatic rings. The van der Waals surface area contributed by atoms with Crippen molar-refractivity contribution in [1.82, 2.24) is 9.78 Å².